The number of carbonyl (C=O) groups excluding carboxylic acids is 2. The minimum Gasteiger partial charge on any atom is -0.352 e. The number of fused-ring (bicyclic) bond motifs is 2. The number of aromatic nitrogens is 2. The van der Waals surface area contributed by atoms with E-state index in [1.54, 1.807) is 22.7 Å². The van der Waals surface area contributed by atoms with E-state index in [2.05, 4.69) is 47.7 Å². The molecule has 0 bridgehead atoms. The van der Waals surface area contributed by atoms with Crippen molar-refractivity contribution in [3.8, 4) is 0 Å². The van der Waals surface area contributed by atoms with Gasteiger partial charge in [0, 0.05) is 24.7 Å². The van der Waals surface area contributed by atoms with Crippen LogP contribution in [0.4, 0.5) is 10.3 Å². The molecule has 1 fully saturated rings. The molecule has 1 aromatic carbocycles. The Hall–Kier alpha value is -2.50. The molecule has 9 nitrogen and oxygen atoms in total. The van der Waals surface area contributed by atoms with Gasteiger partial charge in [-0.05, 0) is 58.3 Å². The van der Waals surface area contributed by atoms with Gasteiger partial charge in [0.15, 0.2) is 10.3 Å². The molecular weight excluding hydrogens is 506 g/mol. The van der Waals surface area contributed by atoms with Gasteiger partial charge in [0.2, 0.25) is 11.8 Å². The summed E-state index contributed by atoms with van der Waals surface area (Å²) in [4.78, 5) is 38.7. The summed E-state index contributed by atoms with van der Waals surface area (Å²) in [5.41, 5.74) is 2.74. The molecule has 1 unspecified atom stereocenters. The Morgan fingerprint density at radius 3 is 2.14 bits per heavy atom. The van der Waals surface area contributed by atoms with Crippen molar-refractivity contribution in [3.05, 3.63) is 11.6 Å². The molecule has 1 saturated heterocycles. The number of likely N-dealkylation sites (tertiary alicyclic amines) is 1. The van der Waals surface area contributed by atoms with Crippen LogP contribution in [0.1, 0.15) is 52.5 Å². The average molecular weight is 546 g/mol. The molecule has 1 aliphatic heterocycles. The second-order valence-corrected chi connectivity index (χ2v) is 13.1. The van der Waals surface area contributed by atoms with Crippen LogP contribution in [0.15, 0.2) is 6.07 Å². The summed E-state index contributed by atoms with van der Waals surface area (Å²) in [5, 5.41) is 11.0. The zero-order valence-corrected chi connectivity index (χ0v) is 24.4. The lowest BCUT2D eigenvalue weighted by atomic mass is 9.85. The van der Waals surface area contributed by atoms with Crippen LogP contribution in [0.5, 0.6) is 0 Å². The first kappa shape index (κ1) is 27.5. The van der Waals surface area contributed by atoms with Gasteiger partial charge in [0.1, 0.15) is 0 Å². The van der Waals surface area contributed by atoms with Gasteiger partial charge in [-0.25, -0.2) is 9.97 Å². The summed E-state index contributed by atoms with van der Waals surface area (Å²) in [7, 11) is 4.06. The highest BCUT2D eigenvalue weighted by Crippen LogP contribution is 2.42. The Kier molecular flexibility index (Phi) is 8.55. The fourth-order valence-corrected chi connectivity index (χ4v) is 6.44. The Bertz CT molecular complexity index is 1260. The van der Waals surface area contributed by atoms with Crippen LogP contribution in [0.25, 0.3) is 20.4 Å². The number of thiazole rings is 2. The van der Waals surface area contributed by atoms with Crippen LogP contribution in [0.3, 0.4) is 0 Å². The van der Waals surface area contributed by atoms with Gasteiger partial charge < -0.3 is 25.8 Å². The molecule has 0 aliphatic carbocycles. The molecule has 2 amide bonds. The topological polar surface area (TPSA) is 102 Å². The zero-order valence-electron chi connectivity index (χ0n) is 22.7. The lowest BCUT2D eigenvalue weighted by molar-refractivity contribution is -0.128. The Morgan fingerprint density at radius 1 is 1.03 bits per heavy atom. The first-order valence-electron chi connectivity index (χ1n) is 13.0. The maximum absolute atomic E-state index is 12.5. The van der Waals surface area contributed by atoms with Crippen molar-refractivity contribution in [2.45, 2.75) is 58.4 Å². The number of amides is 2. The highest BCUT2D eigenvalue weighted by atomic mass is 32.1. The van der Waals surface area contributed by atoms with Gasteiger partial charge in [-0.3, -0.25) is 9.59 Å². The smallest absolute Gasteiger partial charge is 0.241 e. The lowest BCUT2D eigenvalue weighted by Gasteiger charge is -2.20. The zero-order chi connectivity index (χ0) is 26.7. The summed E-state index contributed by atoms with van der Waals surface area (Å²) in [6, 6.07) is 2.24. The summed E-state index contributed by atoms with van der Waals surface area (Å²) in [6.45, 7) is 11.6. The Balaban J connectivity index is 1.49. The van der Waals surface area contributed by atoms with Crippen molar-refractivity contribution >= 4 is 65.2 Å². The van der Waals surface area contributed by atoms with Crippen molar-refractivity contribution in [1.29, 1.82) is 0 Å². The number of nitrogens with one attached hydrogen (secondary N) is 3. The number of nitrogens with zero attached hydrogens (tertiary/aromatic N) is 4. The number of anilines is 2. The van der Waals surface area contributed by atoms with Crippen LogP contribution in [-0.4, -0.2) is 84.4 Å². The van der Waals surface area contributed by atoms with E-state index in [0.29, 0.717) is 0 Å². The average Bonchev–Trinajstić information content (AvgIpc) is 3.56. The molecule has 37 heavy (non-hydrogen) atoms. The van der Waals surface area contributed by atoms with Gasteiger partial charge >= 0.3 is 0 Å². The van der Waals surface area contributed by atoms with E-state index in [-0.39, 0.29) is 36.4 Å². The molecule has 11 heteroatoms. The normalized spacial score (nSPS) is 15.1. The number of hydrogen-bond acceptors (Lipinski definition) is 9. The molecule has 3 N–H and O–H groups in total. The van der Waals surface area contributed by atoms with E-state index in [0.717, 1.165) is 75.2 Å². The maximum atomic E-state index is 12.5. The van der Waals surface area contributed by atoms with Crippen molar-refractivity contribution < 1.29 is 9.59 Å². The standard InChI is InChI=1S/C26H39N7O2S2/c1-16(9-12-32(5)6)29-19(34)14-27-24-30-22-17(36-24)13-18-23(21(22)26(2,3)4)31-25(37-18)28-15-20(35)33-10-7-8-11-33/h13,16H,7-12,14-15H2,1-6H3,(H,27,30)(H,28,31)(H,29,34). The van der Waals surface area contributed by atoms with Crippen molar-refractivity contribution in [2.75, 3.05) is 57.5 Å². The number of rotatable bonds is 10. The molecule has 3 heterocycles. The fourth-order valence-electron chi connectivity index (χ4n) is 4.55. The monoisotopic (exact) mass is 545 g/mol. The predicted octanol–water partition coefficient (Wildman–Crippen LogP) is 4.11. The van der Waals surface area contributed by atoms with E-state index in [1.165, 1.54) is 0 Å². The van der Waals surface area contributed by atoms with Crippen molar-refractivity contribution in [2.24, 2.45) is 0 Å². The lowest BCUT2D eigenvalue weighted by Crippen LogP contribution is -2.38. The van der Waals surface area contributed by atoms with Crippen molar-refractivity contribution in [3.63, 3.8) is 0 Å². The summed E-state index contributed by atoms with van der Waals surface area (Å²) in [6.07, 6.45) is 3.08. The first-order chi connectivity index (χ1) is 17.5. The van der Waals surface area contributed by atoms with Crippen LogP contribution >= 0.6 is 22.7 Å². The maximum Gasteiger partial charge on any atom is 0.241 e. The van der Waals surface area contributed by atoms with Gasteiger partial charge in [-0.2, -0.15) is 0 Å². The van der Waals surface area contributed by atoms with Gasteiger partial charge in [0.25, 0.3) is 0 Å². The minimum atomic E-state index is -0.181. The SMILES string of the molecule is CC(CCN(C)C)NC(=O)CNc1nc2c(C(C)(C)C)c3nc(NCC(=O)N4CCCC4)sc3cc2s1. The van der Waals surface area contributed by atoms with E-state index in [4.69, 9.17) is 9.97 Å². The fraction of sp³-hybridized carbons (Fsp3) is 0.615. The van der Waals surface area contributed by atoms with E-state index < -0.39 is 0 Å². The van der Waals surface area contributed by atoms with Crippen molar-refractivity contribution in [1.82, 2.24) is 25.1 Å². The molecule has 3 aromatic rings. The second-order valence-electron chi connectivity index (χ2n) is 11.1. The summed E-state index contributed by atoms with van der Waals surface area (Å²) in [5.74, 6) is 0.0886. The first-order valence-corrected chi connectivity index (χ1v) is 14.6. The highest BCUT2D eigenvalue weighted by molar-refractivity contribution is 7.24. The van der Waals surface area contributed by atoms with Gasteiger partial charge in [-0.15, -0.1) is 0 Å². The summed E-state index contributed by atoms with van der Waals surface area (Å²) < 4.78 is 2.12. The minimum absolute atomic E-state index is 0.0385. The molecule has 4 rings (SSSR count). The molecule has 1 atom stereocenters. The molecule has 1 aliphatic rings. The van der Waals surface area contributed by atoms with Crippen LogP contribution in [0.2, 0.25) is 0 Å². The number of carbonyl (C=O) groups is 2. The largest absolute Gasteiger partial charge is 0.352 e. The number of hydrogen-bond donors (Lipinski definition) is 3. The van der Waals surface area contributed by atoms with Crippen LogP contribution in [0, 0.1) is 0 Å². The predicted molar refractivity (Wildman–Crippen MR) is 155 cm³/mol. The van der Waals surface area contributed by atoms with E-state index >= 15 is 0 Å². The third-order valence-electron chi connectivity index (χ3n) is 6.46. The molecule has 0 saturated carbocycles. The van der Waals surface area contributed by atoms with Gasteiger partial charge in [0.05, 0.1) is 33.5 Å². The number of benzene rings is 1. The van der Waals surface area contributed by atoms with E-state index in [9.17, 15) is 9.59 Å². The van der Waals surface area contributed by atoms with E-state index in [1.807, 2.05) is 25.9 Å². The highest BCUT2D eigenvalue weighted by Gasteiger charge is 2.26. The third-order valence-corrected chi connectivity index (χ3v) is 8.38. The quantitative estimate of drug-likeness (QED) is 0.352. The van der Waals surface area contributed by atoms with Crippen LogP contribution in [-0.2, 0) is 15.0 Å². The Labute approximate surface area is 227 Å². The second kappa shape index (κ2) is 11.5. The molecule has 2 aromatic heterocycles. The Morgan fingerprint density at radius 2 is 1.59 bits per heavy atom. The van der Waals surface area contributed by atoms with Crippen LogP contribution < -0.4 is 16.0 Å². The third kappa shape index (κ3) is 6.88. The molecular formula is C26H39N7O2S2. The molecule has 0 radical (unpaired) electrons. The molecule has 202 valence electrons. The molecule has 0 spiro atoms. The summed E-state index contributed by atoms with van der Waals surface area (Å²) >= 11 is 3.12. The van der Waals surface area contributed by atoms with Gasteiger partial charge in [-0.1, -0.05) is 43.4 Å².